The van der Waals surface area contributed by atoms with Crippen LogP contribution < -0.4 is 5.73 Å². The molecule has 3 nitrogen and oxygen atoms in total. The van der Waals surface area contributed by atoms with E-state index in [4.69, 9.17) is 22.4 Å². The summed E-state index contributed by atoms with van der Waals surface area (Å²) < 4.78 is 0. The maximum absolute atomic E-state index is 10.9. The number of carbonyl (C=O) groups is 1. The lowest BCUT2D eigenvalue weighted by atomic mass is 10.0. The second-order valence-corrected chi connectivity index (χ2v) is 4.10. The minimum atomic E-state index is -1.00. The Balaban J connectivity index is 2.56. The monoisotopic (exact) mass is 247 g/mol. The van der Waals surface area contributed by atoms with E-state index in [-0.39, 0.29) is 5.56 Å². The predicted molar refractivity (Wildman–Crippen MR) is 68.3 cm³/mol. The molecule has 0 heterocycles. The molecular formula is C13H10ClNO2. The number of benzene rings is 2. The standard InChI is InChI=1S/C13H10ClNO2/c14-11-5-9(4-10(6-11)13(16)17)8-2-1-3-12(15)7-8/h1-7H,15H2,(H,16,17). The summed E-state index contributed by atoms with van der Waals surface area (Å²) in [6, 6.07) is 11.9. The summed E-state index contributed by atoms with van der Waals surface area (Å²) in [6.45, 7) is 0. The van der Waals surface area contributed by atoms with Crippen molar-refractivity contribution < 1.29 is 9.90 Å². The summed E-state index contributed by atoms with van der Waals surface area (Å²) in [7, 11) is 0. The number of nitrogens with two attached hydrogens (primary N) is 1. The normalized spacial score (nSPS) is 10.2. The molecule has 0 atom stereocenters. The fourth-order valence-electron chi connectivity index (χ4n) is 1.60. The summed E-state index contributed by atoms with van der Waals surface area (Å²) in [6.07, 6.45) is 0. The Hall–Kier alpha value is -2.00. The van der Waals surface area contributed by atoms with Gasteiger partial charge in [0.1, 0.15) is 0 Å². The van der Waals surface area contributed by atoms with E-state index in [1.807, 2.05) is 12.1 Å². The number of anilines is 1. The first kappa shape index (κ1) is 11.5. The molecule has 0 aromatic heterocycles. The van der Waals surface area contributed by atoms with Crippen LogP contribution in [-0.2, 0) is 0 Å². The van der Waals surface area contributed by atoms with Gasteiger partial charge in [-0.15, -0.1) is 0 Å². The SMILES string of the molecule is Nc1cccc(-c2cc(Cl)cc(C(=O)O)c2)c1. The summed E-state index contributed by atoms with van der Waals surface area (Å²) in [5.74, 6) is -1.00. The van der Waals surface area contributed by atoms with Gasteiger partial charge in [0, 0.05) is 10.7 Å². The number of carboxylic acid groups (broad SMARTS) is 1. The van der Waals surface area contributed by atoms with Crippen LogP contribution in [0.1, 0.15) is 10.4 Å². The molecule has 4 heteroatoms. The van der Waals surface area contributed by atoms with Gasteiger partial charge in [-0.25, -0.2) is 4.79 Å². The first-order chi connectivity index (χ1) is 8.06. The van der Waals surface area contributed by atoms with Crippen molar-refractivity contribution in [3.63, 3.8) is 0 Å². The van der Waals surface area contributed by atoms with Gasteiger partial charge in [-0.1, -0.05) is 23.7 Å². The highest BCUT2D eigenvalue weighted by molar-refractivity contribution is 6.31. The molecule has 17 heavy (non-hydrogen) atoms. The van der Waals surface area contributed by atoms with Crippen LogP contribution in [0.25, 0.3) is 11.1 Å². The van der Waals surface area contributed by atoms with Crippen LogP contribution in [-0.4, -0.2) is 11.1 Å². The lowest BCUT2D eigenvalue weighted by molar-refractivity contribution is 0.0697. The summed E-state index contributed by atoms with van der Waals surface area (Å²) in [5.41, 5.74) is 8.05. The predicted octanol–water partition coefficient (Wildman–Crippen LogP) is 3.29. The molecule has 2 rings (SSSR count). The molecular weight excluding hydrogens is 238 g/mol. The van der Waals surface area contributed by atoms with E-state index >= 15 is 0 Å². The molecule has 3 N–H and O–H groups in total. The van der Waals surface area contributed by atoms with Gasteiger partial charge in [-0.2, -0.15) is 0 Å². The molecule has 0 bridgehead atoms. The van der Waals surface area contributed by atoms with Crippen molar-refractivity contribution >= 4 is 23.3 Å². The Bertz CT molecular complexity index is 581. The van der Waals surface area contributed by atoms with Crippen LogP contribution in [0.4, 0.5) is 5.69 Å². The van der Waals surface area contributed by atoms with E-state index in [0.29, 0.717) is 10.7 Å². The number of halogens is 1. The zero-order chi connectivity index (χ0) is 12.4. The van der Waals surface area contributed by atoms with Crippen LogP contribution in [0.3, 0.4) is 0 Å². The Morgan fingerprint density at radius 3 is 2.53 bits per heavy atom. The van der Waals surface area contributed by atoms with Crippen molar-refractivity contribution in [3.05, 3.63) is 53.1 Å². The van der Waals surface area contributed by atoms with Crippen LogP contribution in [0.2, 0.25) is 5.02 Å². The molecule has 0 radical (unpaired) electrons. The lowest BCUT2D eigenvalue weighted by Crippen LogP contribution is -1.96. The van der Waals surface area contributed by atoms with E-state index in [9.17, 15) is 4.79 Å². The fourth-order valence-corrected chi connectivity index (χ4v) is 1.83. The van der Waals surface area contributed by atoms with Crippen molar-refractivity contribution in [1.29, 1.82) is 0 Å². The van der Waals surface area contributed by atoms with Gasteiger partial charge in [0.05, 0.1) is 5.56 Å². The number of rotatable bonds is 2. The third-order valence-corrected chi connectivity index (χ3v) is 2.58. The first-order valence-electron chi connectivity index (χ1n) is 4.96. The molecule has 0 aliphatic heterocycles. The highest BCUT2D eigenvalue weighted by atomic mass is 35.5. The van der Waals surface area contributed by atoms with Gasteiger partial charge in [0.15, 0.2) is 0 Å². The summed E-state index contributed by atoms with van der Waals surface area (Å²) in [4.78, 5) is 10.9. The van der Waals surface area contributed by atoms with Crippen molar-refractivity contribution in [2.75, 3.05) is 5.73 Å². The van der Waals surface area contributed by atoms with Crippen molar-refractivity contribution in [2.45, 2.75) is 0 Å². The number of hydrogen-bond acceptors (Lipinski definition) is 2. The number of carboxylic acids is 1. The van der Waals surface area contributed by atoms with E-state index in [2.05, 4.69) is 0 Å². The van der Waals surface area contributed by atoms with Crippen molar-refractivity contribution in [1.82, 2.24) is 0 Å². The molecule has 0 saturated heterocycles. The van der Waals surface area contributed by atoms with Gasteiger partial charge >= 0.3 is 5.97 Å². The number of hydrogen-bond donors (Lipinski definition) is 2. The van der Waals surface area contributed by atoms with Gasteiger partial charge in [-0.3, -0.25) is 0 Å². The van der Waals surface area contributed by atoms with E-state index in [0.717, 1.165) is 11.1 Å². The molecule has 0 aliphatic rings. The maximum Gasteiger partial charge on any atom is 0.335 e. The average molecular weight is 248 g/mol. The molecule has 0 aliphatic carbocycles. The Kier molecular flexibility index (Phi) is 3.02. The summed E-state index contributed by atoms with van der Waals surface area (Å²) in [5, 5.41) is 9.34. The Labute approximate surface area is 103 Å². The van der Waals surface area contributed by atoms with Crippen molar-refractivity contribution in [3.8, 4) is 11.1 Å². The summed E-state index contributed by atoms with van der Waals surface area (Å²) >= 11 is 5.89. The third-order valence-electron chi connectivity index (χ3n) is 2.36. The molecule has 0 amide bonds. The Morgan fingerprint density at radius 2 is 1.88 bits per heavy atom. The maximum atomic E-state index is 10.9. The molecule has 0 fully saturated rings. The minimum Gasteiger partial charge on any atom is -0.478 e. The average Bonchev–Trinajstić information content (AvgIpc) is 2.28. The molecule has 0 unspecified atom stereocenters. The minimum absolute atomic E-state index is 0.162. The molecule has 2 aromatic carbocycles. The quantitative estimate of drug-likeness (QED) is 0.801. The van der Waals surface area contributed by atoms with Gasteiger partial charge < -0.3 is 10.8 Å². The van der Waals surface area contributed by atoms with E-state index in [1.54, 1.807) is 24.3 Å². The topological polar surface area (TPSA) is 63.3 Å². The van der Waals surface area contributed by atoms with Crippen LogP contribution in [0, 0.1) is 0 Å². The third kappa shape index (κ3) is 2.57. The largest absolute Gasteiger partial charge is 0.478 e. The number of aromatic carboxylic acids is 1. The zero-order valence-corrected chi connectivity index (χ0v) is 9.61. The van der Waals surface area contributed by atoms with Crippen LogP contribution in [0.15, 0.2) is 42.5 Å². The highest BCUT2D eigenvalue weighted by Gasteiger charge is 2.07. The molecule has 86 valence electrons. The number of nitrogen functional groups attached to an aromatic ring is 1. The molecule has 0 saturated carbocycles. The highest BCUT2D eigenvalue weighted by Crippen LogP contribution is 2.26. The van der Waals surface area contributed by atoms with Crippen LogP contribution in [0.5, 0.6) is 0 Å². The van der Waals surface area contributed by atoms with E-state index < -0.39 is 5.97 Å². The van der Waals surface area contributed by atoms with Gasteiger partial charge in [-0.05, 0) is 41.5 Å². The van der Waals surface area contributed by atoms with Crippen LogP contribution >= 0.6 is 11.6 Å². The van der Waals surface area contributed by atoms with Gasteiger partial charge in [0.2, 0.25) is 0 Å². The molecule has 0 spiro atoms. The molecule has 2 aromatic rings. The van der Waals surface area contributed by atoms with Crippen molar-refractivity contribution in [2.24, 2.45) is 0 Å². The lowest BCUT2D eigenvalue weighted by Gasteiger charge is -2.05. The second-order valence-electron chi connectivity index (χ2n) is 3.66. The Morgan fingerprint density at radius 1 is 1.12 bits per heavy atom. The first-order valence-corrected chi connectivity index (χ1v) is 5.34. The fraction of sp³-hybridized carbons (Fsp3) is 0. The second kappa shape index (κ2) is 4.47. The smallest absolute Gasteiger partial charge is 0.335 e. The van der Waals surface area contributed by atoms with E-state index in [1.165, 1.54) is 6.07 Å². The van der Waals surface area contributed by atoms with Gasteiger partial charge in [0.25, 0.3) is 0 Å². The zero-order valence-electron chi connectivity index (χ0n) is 8.85.